The molecule has 2 heterocycles. The molecule has 0 atom stereocenters. The van der Waals surface area contributed by atoms with E-state index in [2.05, 4.69) is 40.2 Å². The quantitative estimate of drug-likeness (QED) is 0.782. The third-order valence-electron chi connectivity index (χ3n) is 2.45. The van der Waals surface area contributed by atoms with Crippen LogP contribution in [0, 0.1) is 0 Å². The first-order chi connectivity index (χ1) is 10.1. The van der Waals surface area contributed by atoms with Crippen LogP contribution in [0.5, 0.6) is 0 Å². The molecule has 2 aromatic heterocycles. The lowest BCUT2D eigenvalue weighted by Crippen LogP contribution is -1.97. The van der Waals surface area contributed by atoms with Gasteiger partial charge < -0.3 is 5.32 Å². The molecule has 0 bridgehead atoms. The summed E-state index contributed by atoms with van der Waals surface area (Å²) in [6.45, 7) is 15.2. The van der Waals surface area contributed by atoms with Crippen LogP contribution in [0.2, 0.25) is 0 Å². The molecule has 0 saturated carbocycles. The summed E-state index contributed by atoms with van der Waals surface area (Å²) in [7, 11) is 0. The van der Waals surface area contributed by atoms with Crippen molar-refractivity contribution >= 4 is 28.5 Å². The highest BCUT2D eigenvalue weighted by atomic mass is 35.5. The Kier molecular flexibility index (Phi) is 6.43. The summed E-state index contributed by atoms with van der Waals surface area (Å²) in [6.07, 6.45) is 4.95. The van der Waals surface area contributed by atoms with E-state index in [0.29, 0.717) is 22.1 Å². The second kappa shape index (κ2) is 8.07. The summed E-state index contributed by atoms with van der Waals surface area (Å²) in [4.78, 5) is 4.24. The van der Waals surface area contributed by atoms with Gasteiger partial charge in [-0.15, -0.1) is 0 Å². The predicted octanol–water partition coefficient (Wildman–Crippen LogP) is 4.77. The monoisotopic (exact) mass is 302 g/mol. The van der Waals surface area contributed by atoms with Gasteiger partial charge in [0.1, 0.15) is 5.52 Å². The number of rotatable bonds is 5. The van der Waals surface area contributed by atoms with E-state index in [1.54, 1.807) is 18.3 Å². The van der Waals surface area contributed by atoms with Crippen molar-refractivity contribution < 1.29 is 0 Å². The van der Waals surface area contributed by atoms with Crippen molar-refractivity contribution in [1.29, 1.82) is 0 Å². The fourth-order valence-electron chi connectivity index (χ4n) is 1.47. The summed E-state index contributed by atoms with van der Waals surface area (Å²) < 4.78 is 0. The van der Waals surface area contributed by atoms with Gasteiger partial charge in [-0.1, -0.05) is 51.3 Å². The summed E-state index contributed by atoms with van der Waals surface area (Å²) in [5, 5.41) is 10.5. The number of anilines is 1. The topological polar surface area (TPSA) is 53.6 Å². The number of aromatic nitrogens is 3. The maximum atomic E-state index is 6.03. The molecule has 0 amide bonds. The van der Waals surface area contributed by atoms with E-state index in [4.69, 9.17) is 11.6 Å². The van der Waals surface area contributed by atoms with Crippen LogP contribution >= 0.6 is 11.6 Å². The lowest BCUT2D eigenvalue weighted by Gasteiger charge is -2.04. The minimum absolute atomic E-state index is 0.473. The maximum absolute atomic E-state index is 6.03. The molecule has 0 fully saturated rings. The van der Waals surface area contributed by atoms with Crippen molar-refractivity contribution in [3.8, 4) is 0 Å². The number of aromatic amines is 1. The van der Waals surface area contributed by atoms with Crippen molar-refractivity contribution in [3.05, 3.63) is 66.5 Å². The van der Waals surface area contributed by atoms with Gasteiger partial charge in [-0.05, 0) is 23.8 Å². The van der Waals surface area contributed by atoms with Gasteiger partial charge in [0.2, 0.25) is 0 Å². The number of allylic oxidation sites excluding steroid dienone is 4. The molecule has 0 unspecified atom stereocenters. The number of hydrogen-bond acceptors (Lipinski definition) is 3. The molecule has 0 aliphatic carbocycles. The molecule has 0 spiro atoms. The van der Waals surface area contributed by atoms with E-state index >= 15 is 0 Å². The van der Waals surface area contributed by atoms with Crippen molar-refractivity contribution in [2.45, 2.75) is 13.8 Å². The van der Waals surface area contributed by atoms with Crippen molar-refractivity contribution in [3.63, 3.8) is 0 Å². The Morgan fingerprint density at radius 1 is 1.38 bits per heavy atom. The minimum Gasteiger partial charge on any atom is -0.337 e. The van der Waals surface area contributed by atoms with E-state index in [9.17, 15) is 0 Å². The molecule has 0 radical (unpaired) electrons. The van der Waals surface area contributed by atoms with Crippen LogP contribution in [0.3, 0.4) is 0 Å². The molecule has 4 nitrogen and oxygen atoms in total. The van der Waals surface area contributed by atoms with E-state index < -0.39 is 0 Å². The average Bonchev–Trinajstić information content (AvgIpc) is 2.91. The summed E-state index contributed by atoms with van der Waals surface area (Å²) in [6, 6.07) is 3.73. The molecule has 0 aliphatic heterocycles. The van der Waals surface area contributed by atoms with Crippen LogP contribution in [0.15, 0.2) is 66.5 Å². The lowest BCUT2D eigenvalue weighted by molar-refractivity contribution is 1.12. The summed E-state index contributed by atoms with van der Waals surface area (Å²) in [5.74, 6) is 0.602. The fourth-order valence-corrected chi connectivity index (χ4v) is 1.68. The molecule has 21 heavy (non-hydrogen) atoms. The minimum atomic E-state index is 0.473. The van der Waals surface area contributed by atoms with Crippen LogP contribution in [0.1, 0.15) is 13.8 Å². The van der Waals surface area contributed by atoms with E-state index in [0.717, 1.165) is 11.0 Å². The van der Waals surface area contributed by atoms with Crippen LogP contribution in [0.25, 0.3) is 11.0 Å². The number of halogens is 1. The molecule has 0 aromatic carbocycles. The van der Waals surface area contributed by atoms with Crippen molar-refractivity contribution in [1.82, 2.24) is 15.2 Å². The number of nitrogens with one attached hydrogen (secondary N) is 2. The zero-order chi connectivity index (χ0) is 15.8. The third-order valence-corrected chi connectivity index (χ3v) is 2.81. The van der Waals surface area contributed by atoms with Crippen LogP contribution < -0.4 is 5.32 Å². The van der Waals surface area contributed by atoms with Crippen LogP contribution in [-0.4, -0.2) is 15.2 Å². The van der Waals surface area contributed by atoms with E-state index in [1.165, 1.54) is 0 Å². The number of pyridine rings is 1. The van der Waals surface area contributed by atoms with E-state index in [-0.39, 0.29) is 0 Å². The van der Waals surface area contributed by atoms with Crippen LogP contribution in [0.4, 0.5) is 5.82 Å². The second-order valence-corrected chi connectivity index (χ2v) is 4.25. The molecule has 5 heteroatoms. The number of hydrogen-bond donors (Lipinski definition) is 2. The van der Waals surface area contributed by atoms with Gasteiger partial charge >= 0.3 is 0 Å². The second-order valence-electron chi connectivity index (χ2n) is 3.84. The molecule has 110 valence electrons. The smallest absolute Gasteiger partial charge is 0.178 e. The molecule has 2 N–H and O–H groups in total. The molecule has 2 aromatic rings. The summed E-state index contributed by atoms with van der Waals surface area (Å²) in [5.41, 5.74) is 2.82. The Hall–Kier alpha value is -2.33. The van der Waals surface area contributed by atoms with Gasteiger partial charge in [-0.25, -0.2) is 0 Å². The van der Waals surface area contributed by atoms with Gasteiger partial charge in [-0.2, -0.15) is 5.10 Å². The van der Waals surface area contributed by atoms with Gasteiger partial charge in [0.25, 0.3) is 0 Å². The Morgan fingerprint density at radius 2 is 2.10 bits per heavy atom. The Balaban J connectivity index is 0.00000106. The maximum Gasteiger partial charge on any atom is 0.178 e. The fraction of sp³-hybridized carbons (Fsp3) is 0.125. The Morgan fingerprint density at radius 3 is 2.76 bits per heavy atom. The molecular weight excluding hydrogens is 284 g/mol. The number of H-pyrrole nitrogens is 1. The zero-order valence-electron chi connectivity index (χ0n) is 12.3. The van der Waals surface area contributed by atoms with E-state index in [1.807, 2.05) is 26.0 Å². The molecule has 0 aliphatic rings. The first-order valence-corrected chi connectivity index (χ1v) is 6.93. The van der Waals surface area contributed by atoms with Crippen molar-refractivity contribution in [2.75, 3.05) is 5.32 Å². The third kappa shape index (κ3) is 4.33. The largest absolute Gasteiger partial charge is 0.337 e. The van der Waals surface area contributed by atoms with Gasteiger partial charge in [0, 0.05) is 16.9 Å². The van der Waals surface area contributed by atoms with Gasteiger partial charge in [0.15, 0.2) is 5.82 Å². The predicted molar refractivity (Wildman–Crippen MR) is 91.3 cm³/mol. The van der Waals surface area contributed by atoms with Crippen molar-refractivity contribution in [2.24, 2.45) is 0 Å². The lowest BCUT2D eigenvalue weighted by atomic mass is 10.2. The highest BCUT2D eigenvalue weighted by Crippen LogP contribution is 2.20. The first-order valence-electron chi connectivity index (χ1n) is 6.55. The molecule has 2 rings (SSSR count). The first kappa shape index (κ1) is 16.7. The SMILES string of the molecule is C=CC(=C)/C(Cl)=C\C(=C)Nc1n[nH]c2cccnc12.CC. The van der Waals surface area contributed by atoms with Crippen LogP contribution in [-0.2, 0) is 0 Å². The Bertz CT molecular complexity index is 682. The molecule has 0 saturated heterocycles. The highest BCUT2D eigenvalue weighted by molar-refractivity contribution is 6.32. The van der Waals surface area contributed by atoms with Gasteiger partial charge in [-0.3, -0.25) is 10.1 Å². The molecular formula is C16H19ClN4. The Labute approximate surface area is 129 Å². The highest BCUT2D eigenvalue weighted by Gasteiger charge is 2.06. The number of nitrogens with zero attached hydrogens (tertiary/aromatic N) is 2. The number of fused-ring (bicyclic) bond motifs is 1. The summed E-state index contributed by atoms with van der Waals surface area (Å²) >= 11 is 6.03. The average molecular weight is 303 g/mol. The standard InChI is InChI=1S/C14H13ClN4.C2H6/c1-4-9(2)11(15)8-10(3)17-14-13-12(18-19-14)6-5-7-16-13;1-2/h4-8H,1-3H2,(H2,17,18,19);1-2H3/b11-8+;. The zero-order valence-corrected chi connectivity index (χ0v) is 13.0. The normalized spacial score (nSPS) is 10.5. The van der Waals surface area contributed by atoms with Gasteiger partial charge in [0.05, 0.1) is 5.52 Å².